The quantitative estimate of drug-likeness (QED) is 0.697. The maximum atomic E-state index is 11.6. The van der Waals surface area contributed by atoms with Gasteiger partial charge in [0.2, 0.25) is 5.91 Å². The molecule has 15 heavy (non-hydrogen) atoms. The highest BCUT2D eigenvalue weighted by Crippen LogP contribution is 2.30. The molecule has 1 rings (SSSR count). The Morgan fingerprint density at radius 2 is 2.27 bits per heavy atom. The lowest BCUT2D eigenvalue weighted by Crippen LogP contribution is -2.34. The fourth-order valence-electron chi connectivity index (χ4n) is 1.69. The highest BCUT2D eigenvalue weighted by molar-refractivity contribution is 5.80. The number of aliphatic carboxylic acids is 1. The summed E-state index contributed by atoms with van der Waals surface area (Å²) in [4.78, 5) is 24.1. The third-order valence-corrected chi connectivity index (χ3v) is 2.83. The van der Waals surface area contributed by atoms with Crippen LogP contribution in [-0.2, 0) is 9.59 Å². The molecule has 0 saturated carbocycles. The minimum atomic E-state index is -0.838. The monoisotopic (exact) mass is 209 g/mol. The lowest BCUT2D eigenvalue weighted by atomic mass is 9.90. The van der Waals surface area contributed by atoms with E-state index in [1.807, 2.05) is 0 Å². The van der Waals surface area contributed by atoms with Crippen LogP contribution in [0.25, 0.3) is 0 Å². The molecule has 1 saturated heterocycles. The summed E-state index contributed by atoms with van der Waals surface area (Å²) < 4.78 is 0. The average Bonchev–Trinajstić information content (AvgIpc) is 2.59. The van der Waals surface area contributed by atoms with E-state index in [4.69, 9.17) is 11.5 Å². The number of nitrogens with zero attached hydrogens (tertiary/aromatic N) is 1. The van der Waals surface area contributed by atoms with Gasteiger partial charge in [-0.05, 0) is 13.3 Å². The van der Waals surface area contributed by atoms with Gasteiger partial charge in [-0.3, -0.25) is 9.59 Å². The van der Waals surface area contributed by atoms with Gasteiger partial charge in [0.15, 0.2) is 0 Å². The van der Waals surface area contributed by atoms with Gasteiger partial charge in [0.1, 0.15) is 0 Å². The van der Waals surface area contributed by atoms with Crippen molar-refractivity contribution in [3.05, 3.63) is 0 Å². The van der Waals surface area contributed by atoms with Gasteiger partial charge < -0.3 is 10.0 Å². The van der Waals surface area contributed by atoms with E-state index in [1.165, 1.54) is 0 Å². The fraction of sp³-hybridized carbons (Fsp3) is 0.636. The number of amides is 1. The summed E-state index contributed by atoms with van der Waals surface area (Å²) in [7, 11) is 0. The molecule has 1 N–H and O–H groups in total. The summed E-state index contributed by atoms with van der Waals surface area (Å²) in [5.41, 5.74) is -0.786. The molecule has 4 nitrogen and oxygen atoms in total. The largest absolute Gasteiger partial charge is 0.481 e. The second-order valence-electron chi connectivity index (χ2n) is 4.14. The molecule has 1 aliphatic heterocycles. The molecule has 1 fully saturated rings. The van der Waals surface area contributed by atoms with Crippen LogP contribution in [-0.4, -0.2) is 35.0 Å². The van der Waals surface area contributed by atoms with Crippen LogP contribution in [0.4, 0.5) is 0 Å². The zero-order valence-corrected chi connectivity index (χ0v) is 8.82. The van der Waals surface area contributed by atoms with Gasteiger partial charge in [-0.1, -0.05) is 0 Å². The fourth-order valence-corrected chi connectivity index (χ4v) is 1.69. The molecule has 1 atom stereocenters. The van der Waals surface area contributed by atoms with Gasteiger partial charge in [-0.15, -0.1) is 12.3 Å². The first-order valence-electron chi connectivity index (χ1n) is 4.94. The molecule has 1 heterocycles. The average molecular weight is 209 g/mol. The first-order chi connectivity index (χ1) is 6.99. The minimum Gasteiger partial charge on any atom is -0.481 e. The number of hydrogen-bond donors (Lipinski definition) is 1. The number of carbonyl (C=O) groups excluding carboxylic acids is 1. The third-order valence-electron chi connectivity index (χ3n) is 2.83. The summed E-state index contributed by atoms with van der Waals surface area (Å²) in [5.74, 6) is 1.52. The zero-order chi connectivity index (χ0) is 11.5. The van der Waals surface area contributed by atoms with Crippen LogP contribution in [0.2, 0.25) is 0 Å². The van der Waals surface area contributed by atoms with Crippen LogP contribution in [0.1, 0.15) is 26.2 Å². The Balaban J connectivity index is 2.53. The Labute approximate surface area is 89.3 Å². The van der Waals surface area contributed by atoms with Crippen molar-refractivity contribution in [1.29, 1.82) is 0 Å². The third kappa shape index (κ3) is 2.50. The number of carboxylic acids is 1. The molecule has 0 spiro atoms. The Hall–Kier alpha value is -1.50. The lowest BCUT2D eigenvalue weighted by molar-refractivity contribution is -0.147. The Morgan fingerprint density at radius 3 is 2.73 bits per heavy atom. The second kappa shape index (κ2) is 4.35. The van der Waals surface area contributed by atoms with E-state index in [9.17, 15) is 9.59 Å². The van der Waals surface area contributed by atoms with Gasteiger partial charge in [0, 0.05) is 25.9 Å². The van der Waals surface area contributed by atoms with Crippen LogP contribution in [0.3, 0.4) is 0 Å². The molecule has 82 valence electrons. The smallest absolute Gasteiger partial charge is 0.311 e. The van der Waals surface area contributed by atoms with Crippen LogP contribution >= 0.6 is 0 Å². The van der Waals surface area contributed by atoms with E-state index in [2.05, 4.69) is 5.92 Å². The van der Waals surface area contributed by atoms with E-state index in [0.29, 0.717) is 32.4 Å². The van der Waals surface area contributed by atoms with Crippen molar-refractivity contribution in [2.24, 2.45) is 5.41 Å². The van der Waals surface area contributed by atoms with E-state index >= 15 is 0 Å². The second-order valence-corrected chi connectivity index (χ2v) is 4.14. The molecule has 4 heteroatoms. The molecule has 0 bridgehead atoms. The topological polar surface area (TPSA) is 57.6 Å². The number of terminal acetylenes is 1. The van der Waals surface area contributed by atoms with Gasteiger partial charge in [-0.25, -0.2) is 0 Å². The summed E-state index contributed by atoms with van der Waals surface area (Å²) in [6.45, 7) is 2.49. The van der Waals surface area contributed by atoms with Gasteiger partial charge in [-0.2, -0.15) is 0 Å². The predicted octanol–water partition coefficient (Wildman–Crippen LogP) is 0.723. The van der Waals surface area contributed by atoms with Crippen molar-refractivity contribution in [1.82, 2.24) is 4.90 Å². The molecule has 0 aromatic heterocycles. The molecule has 0 aromatic carbocycles. The highest BCUT2D eigenvalue weighted by atomic mass is 16.4. The van der Waals surface area contributed by atoms with Crippen molar-refractivity contribution in [3.8, 4) is 12.3 Å². The maximum absolute atomic E-state index is 11.6. The minimum absolute atomic E-state index is 0.0436. The normalized spacial score (nSPS) is 24.9. The van der Waals surface area contributed by atoms with E-state index in [-0.39, 0.29) is 5.91 Å². The molecule has 1 unspecified atom stereocenters. The Kier molecular flexibility index (Phi) is 3.35. The SMILES string of the molecule is C#CCCC(=O)N1CCC(C)(C(=O)O)C1. The van der Waals surface area contributed by atoms with Crippen molar-refractivity contribution < 1.29 is 14.7 Å². The first-order valence-corrected chi connectivity index (χ1v) is 4.94. The molecule has 1 amide bonds. The van der Waals surface area contributed by atoms with Crippen molar-refractivity contribution in [3.63, 3.8) is 0 Å². The van der Waals surface area contributed by atoms with Gasteiger partial charge in [0.25, 0.3) is 0 Å². The van der Waals surface area contributed by atoms with Gasteiger partial charge >= 0.3 is 5.97 Å². The maximum Gasteiger partial charge on any atom is 0.311 e. The van der Waals surface area contributed by atoms with Crippen LogP contribution in [0, 0.1) is 17.8 Å². The zero-order valence-electron chi connectivity index (χ0n) is 8.82. The van der Waals surface area contributed by atoms with E-state index in [0.717, 1.165) is 0 Å². The standard InChI is InChI=1S/C11H15NO3/c1-3-4-5-9(13)12-7-6-11(2,8-12)10(14)15/h1H,4-8H2,2H3,(H,14,15). The summed E-state index contributed by atoms with van der Waals surface area (Å²) in [6, 6.07) is 0. The van der Waals surface area contributed by atoms with E-state index in [1.54, 1.807) is 11.8 Å². The lowest BCUT2D eigenvalue weighted by Gasteiger charge is -2.19. The number of likely N-dealkylation sites (tertiary alicyclic amines) is 1. The Morgan fingerprint density at radius 1 is 1.60 bits per heavy atom. The van der Waals surface area contributed by atoms with Crippen LogP contribution in [0.5, 0.6) is 0 Å². The van der Waals surface area contributed by atoms with Crippen LogP contribution < -0.4 is 0 Å². The number of rotatable bonds is 3. The van der Waals surface area contributed by atoms with Gasteiger partial charge in [0.05, 0.1) is 5.41 Å². The highest BCUT2D eigenvalue weighted by Gasteiger charge is 2.41. The first kappa shape index (κ1) is 11.6. The van der Waals surface area contributed by atoms with Crippen molar-refractivity contribution in [2.75, 3.05) is 13.1 Å². The van der Waals surface area contributed by atoms with E-state index < -0.39 is 11.4 Å². The number of carboxylic acid groups (broad SMARTS) is 1. The number of carbonyl (C=O) groups is 2. The van der Waals surface area contributed by atoms with Crippen molar-refractivity contribution in [2.45, 2.75) is 26.2 Å². The summed E-state index contributed by atoms with van der Waals surface area (Å²) in [5, 5.41) is 8.98. The predicted molar refractivity (Wildman–Crippen MR) is 55.0 cm³/mol. The molecular formula is C11H15NO3. The molecule has 0 radical (unpaired) electrons. The number of hydrogen-bond acceptors (Lipinski definition) is 2. The molecule has 1 aliphatic rings. The van der Waals surface area contributed by atoms with Crippen molar-refractivity contribution >= 4 is 11.9 Å². The van der Waals surface area contributed by atoms with Crippen LogP contribution in [0.15, 0.2) is 0 Å². The Bertz CT molecular complexity index is 318. The summed E-state index contributed by atoms with van der Waals surface area (Å²) in [6.07, 6.45) is 6.31. The molecular weight excluding hydrogens is 194 g/mol. The summed E-state index contributed by atoms with van der Waals surface area (Å²) >= 11 is 0. The molecule has 0 aliphatic carbocycles. The molecule has 0 aromatic rings.